The van der Waals surface area contributed by atoms with Gasteiger partial charge in [-0.2, -0.15) is 13.2 Å². The molecule has 3 aliphatic carbocycles. The highest BCUT2D eigenvalue weighted by Gasteiger charge is 2.64. The summed E-state index contributed by atoms with van der Waals surface area (Å²) >= 11 is 0. The van der Waals surface area contributed by atoms with Crippen LogP contribution in [0.15, 0.2) is 30.4 Å². The van der Waals surface area contributed by atoms with Crippen LogP contribution >= 0.6 is 0 Å². The minimum Gasteiger partial charge on any atom is -0.497 e. The van der Waals surface area contributed by atoms with Crippen molar-refractivity contribution in [3.05, 3.63) is 41.6 Å². The van der Waals surface area contributed by atoms with E-state index in [4.69, 9.17) is 14.2 Å². The molecule has 1 saturated heterocycles. The Balaban J connectivity index is 1.23. The number of hydrogen-bond donors (Lipinski definition) is 5. The van der Waals surface area contributed by atoms with Crippen molar-refractivity contribution in [1.82, 2.24) is 30.0 Å². The molecule has 5 N–H and O–H groups in total. The summed E-state index contributed by atoms with van der Waals surface area (Å²) in [4.78, 5) is 73.9. The van der Waals surface area contributed by atoms with Crippen LogP contribution < -0.4 is 29.6 Å². The number of nitrogens with one attached hydrogen (secondary N) is 4. The number of sulfonamides is 2. The summed E-state index contributed by atoms with van der Waals surface area (Å²) in [6.07, 6.45) is -4.96. The van der Waals surface area contributed by atoms with E-state index in [9.17, 15) is 45.9 Å². The number of carbonyl (C=O) groups excluding carboxylic acids is 4. The summed E-state index contributed by atoms with van der Waals surface area (Å²) in [5, 5.41) is 14.6. The zero-order chi connectivity index (χ0) is 47.1. The van der Waals surface area contributed by atoms with Crippen LogP contribution in [0.2, 0.25) is 0 Å². The maximum atomic E-state index is 15.2. The van der Waals surface area contributed by atoms with Gasteiger partial charge >= 0.3 is 18.4 Å². The lowest BCUT2D eigenvalue weighted by Gasteiger charge is -2.40. The third kappa shape index (κ3) is 8.62. The number of amides is 5. The Morgan fingerprint density at radius 1 is 0.969 bits per heavy atom. The molecule has 1 aromatic heterocycles. The molecule has 65 heavy (non-hydrogen) atoms. The number of pyridine rings is 1. The van der Waals surface area contributed by atoms with Crippen LogP contribution in [0.5, 0.6) is 11.5 Å². The average Bonchev–Trinajstić information content (AvgIpc) is 4.18. The molecule has 6 atom stereocenters. The highest BCUT2D eigenvalue weighted by Crippen LogP contribution is 2.54. The molecular formula is C41H49F3N6O13S2. The van der Waals surface area contributed by atoms with Gasteiger partial charge in [0.15, 0.2) is 11.4 Å². The van der Waals surface area contributed by atoms with Crippen LogP contribution in [0, 0.1) is 5.92 Å². The Morgan fingerprint density at radius 3 is 2.28 bits per heavy atom. The number of aromatic nitrogens is 1. The first kappa shape index (κ1) is 46.2. The Morgan fingerprint density at radius 2 is 1.65 bits per heavy atom. The number of halogens is 3. The fourth-order valence-electron chi connectivity index (χ4n) is 8.98. The number of carbonyl (C=O) groups is 5. The second-order valence-electron chi connectivity index (χ2n) is 18.4. The van der Waals surface area contributed by atoms with Crippen LogP contribution in [-0.4, -0.2) is 108 Å². The lowest BCUT2D eigenvalue weighted by Crippen LogP contribution is -2.58. The van der Waals surface area contributed by atoms with E-state index in [1.807, 2.05) is 4.72 Å². The molecule has 2 aromatic rings. The Bertz CT molecular complexity index is 2620. The maximum Gasteiger partial charge on any atom is 0.437 e. The molecule has 0 unspecified atom stereocenters. The number of allylic oxidation sites excluding steroid dienone is 1. The third-order valence-electron chi connectivity index (χ3n) is 13.6. The minimum atomic E-state index is -5.23. The second-order valence-corrected chi connectivity index (χ2v) is 22.8. The van der Waals surface area contributed by atoms with E-state index in [1.165, 1.54) is 39.2 Å². The molecular weight excluding hydrogens is 906 g/mol. The van der Waals surface area contributed by atoms with Crippen molar-refractivity contribution in [2.75, 3.05) is 13.7 Å². The van der Waals surface area contributed by atoms with E-state index in [2.05, 4.69) is 20.3 Å². The number of ether oxygens (including phenoxy) is 3. The molecule has 1 aromatic carbocycles. The summed E-state index contributed by atoms with van der Waals surface area (Å²) in [5.41, 5.74) is -6.07. The number of carboxylic acid groups (broad SMARTS) is 1. The molecule has 4 fully saturated rings. The number of hydrogen-bond acceptors (Lipinski definition) is 13. The number of rotatable bonds is 8. The molecule has 19 nitrogen and oxygen atoms in total. The number of nitrogens with zero attached hydrogens (tertiary/aromatic N) is 2. The highest BCUT2D eigenvalue weighted by molar-refractivity contribution is 7.92. The molecule has 3 saturated carbocycles. The molecule has 1 spiro atoms. The molecule has 4 heterocycles. The van der Waals surface area contributed by atoms with Crippen LogP contribution in [0.25, 0.3) is 10.9 Å². The summed E-state index contributed by atoms with van der Waals surface area (Å²) in [5.74, 6) is -4.52. The largest absolute Gasteiger partial charge is 0.497 e. The van der Waals surface area contributed by atoms with Gasteiger partial charge in [0, 0.05) is 29.7 Å². The monoisotopic (exact) mass is 954 g/mol. The lowest BCUT2D eigenvalue weighted by atomic mass is 9.84. The first-order valence-electron chi connectivity index (χ1n) is 21.2. The molecule has 8 rings (SSSR count). The van der Waals surface area contributed by atoms with E-state index in [0.29, 0.717) is 38.5 Å². The Kier molecular flexibility index (Phi) is 11.3. The molecule has 6 aliphatic rings. The van der Waals surface area contributed by atoms with Gasteiger partial charge in [0.05, 0.1) is 28.7 Å². The van der Waals surface area contributed by atoms with E-state index < -0.39 is 132 Å². The highest BCUT2D eigenvalue weighted by atomic mass is 32.2. The fourth-order valence-corrected chi connectivity index (χ4v) is 11.4. The van der Waals surface area contributed by atoms with Crippen LogP contribution in [0.3, 0.4) is 0 Å². The Labute approximate surface area is 371 Å². The van der Waals surface area contributed by atoms with E-state index in [0.717, 1.165) is 4.90 Å². The van der Waals surface area contributed by atoms with E-state index in [1.54, 1.807) is 12.2 Å². The van der Waals surface area contributed by atoms with Gasteiger partial charge in [-0.15, -0.1) is 0 Å². The first-order chi connectivity index (χ1) is 30.4. The Hall–Kier alpha value is -5.39. The predicted molar refractivity (Wildman–Crippen MR) is 221 cm³/mol. The van der Waals surface area contributed by atoms with E-state index >= 15 is 13.2 Å². The predicted octanol–water partition coefficient (Wildman–Crippen LogP) is 4.06. The second kappa shape index (κ2) is 15.9. The van der Waals surface area contributed by atoms with E-state index in [-0.39, 0.29) is 47.9 Å². The molecule has 354 valence electrons. The molecule has 24 heteroatoms. The summed E-state index contributed by atoms with van der Waals surface area (Å²) in [6, 6.07) is 0.733. The number of alkyl halides is 3. The summed E-state index contributed by atoms with van der Waals surface area (Å²) in [7, 11) is -7.24. The molecule has 0 radical (unpaired) electrons. The summed E-state index contributed by atoms with van der Waals surface area (Å²) < 4.78 is 117. The molecule has 0 bridgehead atoms. The fraction of sp³-hybridized carbons (Fsp3) is 0.610. The SMILES string of the molecule is COc1ccc2nc(C(F)(F)F)c3c(c2c1)[C@H](OC(=O)NS(=O)(=O)C1(C)CC1)C[C@]1(C[C@H]2C(=O)N[C@]4(C(=O)NS(=O)(=O)C5(C)CC5)C[C@H]4/C=C\CCCCC[C@H](NC(=O)O)C(=O)N2C1)O3. The topological polar surface area (TPSA) is 266 Å². The van der Waals surface area contributed by atoms with Gasteiger partial charge < -0.3 is 34.9 Å². The van der Waals surface area contributed by atoms with Crippen LogP contribution in [0.4, 0.5) is 22.8 Å². The number of benzene rings is 1. The van der Waals surface area contributed by atoms with Gasteiger partial charge in [-0.1, -0.05) is 25.0 Å². The third-order valence-corrected chi connectivity index (χ3v) is 17.9. The molecule has 5 amide bonds. The van der Waals surface area contributed by atoms with Gasteiger partial charge in [0.25, 0.3) is 5.91 Å². The van der Waals surface area contributed by atoms with Crippen LogP contribution in [-0.2, 0) is 45.3 Å². The van der Waals surface area contributed by atoms with Gasteiger partial charge in [0.2, 0.25) is 31.9 Å². The van der Waals surface area contributed by atoms with Crippen molar-refractivity contribution in [3.8, 4) is 11.5 Å². The standard InChI is InChI=1S/C41H49F3N6O13S2/c1-37(13-14-37)64(57,58)48-34(53)40-18-22(40)9-7-5-4-6-8-10-26(46-35(54)55)33(52)50-21-39(19-27(50)32(51)47-40)20-28(62-36(56)49-65(59,60)38(2)15-16-38)29-24-17-23(61-3)11-12-25(24)45-31(30(29)63-39)41(42,43)44/h7,9,11-12,17,22,26-28,46H,4-6,8,10,13-16,18-21H2,1-3H3,(H,47,51)(H,48,53)(H,49,56)(H,54,55)/b9-7-/t22-,26+,27+,28-,39+,40-/m1/s1. The summed E-state index contributed by atoms with van der Waals surface area (Å²) in [6.45, 7) is 2.16. The molecule has 3 aliphatic heterocycles. The van der Waals surface area contributed by atoms with Crippen molar-refractivity contribution in [2.24, 2.45) is 5.92 Å². The zero-order valence-corrected chi connectivity index (χ0v) is 37.2. The smallest absolute Gasteiger partial charge is 0.437 e. The van der Waals surface area contributed by atoms with Crippen molar-refractivity contribution < 1.29 is 73.3 Å². The van der Waals surface area contributed by atoms with Gasteiger partial charge in [0.1, 0.15) is 35.1 Å². The lowest BCUT2D eigenvalue weighted by molar-refractivity contribution is -0.145. The van der Waals surface area contributed by atoms with Crippen molar-refractivity contribution >= 4 is 60.9 Å². The normalized spacial score (nSPS) is 29.8. The number of fused-ring (bicyclic) bond motifs is 5. The van der Waals surface area contributed by atoms with Crippen LogP contribution in [0.1, 0.15) is 108 Å². The minimum absolute atomic E-state index is 0.0276. The first-order valence-corrected chi connectivity index (χ1v) is 24.2. The van der Waals surface area contributed by atoms with Crippen molar-refractivity contribution in [3.63, 3.8) is 0 Å². The van der Waals surface area contributed by atoms with Crippen molar-refractivity contribution in [2.45, 2.75) is 136 Å². The van der Waals surface area contributed by atoms with Gasteiger partial charge in [-0.3, -0.25) is 19.1 Å². The van der Waals surface area contributed by atoms with Gasteiger partial charge in [-0.25, -0.2) is 36.1 Å². The quantitative estimate of drug-likeness (QED) is 0.234. The maximum absolute atomic E-state index is 15.2. The van der Waals surface area contributed by atoms with Gasteiger partial charge in [-0.05, 0) is 83.4 Å². The average molecular weight is 955 g/mol. The zero-order valence-electron chi connectivity index (χ0n) is 35.6. The number of methoxy groups -OCH3 is 1. The van der Waals surface area contributed by atoms with Crippen molar-refractivity contribution in [1.29, 1.82) is 0 Å².